The smallest absolute Gasteiger partial charge is 0.191 e. The Hall–Kier alpha value is -0.540. The summed E-state index contributed by atoms with van der Waals surface area (Å²) in [4.78, 5) is 9.04. The van der Waals surface area contributed by atoms with Gasteiger partial charge in [-0.25, -0.2) is 0 Å². The van der Waals surface area contributed by atoms with Gasteiger partial charge in [-0.1, -0.05) is 22.9 Å². The van der Waals surface area contributed by atoms with Crippen LogP contribution in [-0.4, -0.2) is 63.7 Å². The minimum atomic E-state index is 0. The van der Waals surface area contributed by atoms with Crippen molar-refractivity contribution in [2.45, 2.75) is 19.4 Å². The maximum Gasteiger partial charge on any atom is 0.191 e. The van der Waals surface area contributed by atoms with E-state index >= 15 is 0 Å². The summed E-state index contributed by atoms with van der Waals surface area (Å²) in [6, 6.07) is 8.97. The lowest BCUT2D eigenvalue weighted by atomic mass is 10.3. The number of benzene rings is 1. The van der Waals surface area contributed by atoms with Crippen molar-refractivity contribution >= 4 is 51.6 Å². The molecule has 1 aromatic carbocycles. The molecule has 1 heterocycles. The van der Waals surface area contributed by atoms with Crippen LogP contribution in [0.3, 0.4) is 0 Å². The van der Waals surface area contributed by atoms with Gasteiger partial charge < -0.3 is 20.4 Å². The number of halogens is 2. The standard InChI is InChI=1S/C17H28BrN5.HI/c1-4-22(3)12-10-20-17(19-2)21-15-9-11-23(13-15)16-7-5-14(18)6-8-16;/h5-8,15H,4,9-13H2,1-3H3,(H2,19,20,21);1H. The van der Waals surface area contributed by atoms with Gasteiger partial charge >= 0.3 is 0 Å². The first-order valence-electron chi connectivity index (χ1n) is 8.28. The Morgan fingerprint density at radius 2 is 2.08 bits per heavy atom. The fourth-order valence-corrected chi connectivity index (χ4v) is 2.94. The largest absolute Gasteiger partial charge is 0.369 e. The van der Waals surface area contributed by atoms with Crippen LogP contribution in [0, 0.1) is 0 Å². The lowest BCUT2D eigenvalue weighted by Crippen LogP contribution is -2.46. The molecule has 2 N–H and O–H groups in total. The van der Waals surface area contributed by atoms with Gasteiger partial charge in [-0.3, -0.25) is 4.99 Å². The minimum absolute atomic E-state index is 0. The van der Waals surface area contributed by atoms with Crippen LogP contribution in [0.25, 0.3) is 0 Å². The van der Waals surface area contributed by atoms with Gasteiger partial charge in [0, 0.05) is 49.4 Å². The maximum atomic E-state index is 4.33. The zero-order chi connectivity index (χ0) is 16.7. The van der Waals surface area contributed by atoms with Crippen molar-refractivity contribution in [2.75, 3.05) is 51.7 Å². The van der Waals surface area contributed by atoms with Crippen molar-refractivity contribution in [1.29, 1.82) is 0 Å². The molecule has 1 unspecified atom stereocenters. The Balaban J connectivity index is 0.00000288. The SMILES string of the molecule is CCN(C)CCNC(=NC)NC1CCN(c2ccc(Br)cc2)C1.I. The van der Waals surface area contributed by atoms with Crippen molar-refractivity contribution in [3.8, 4) is 0 Å². The van der Waals surface area contributed by atoms with Crippen molar-refractivity contribution in [3.63, 3.8) is 0 Å². The van der Waals surface area contributed by atoms with Crippen LogP contribution in [0.2, 0.25) is 0 Å². The number of hydrogen-bond acceptors (Lipinski definition) is 3. The average molecular weight is 510 g/mol. The third kappa shape index (κ3) is 6.76. The predicted octanol–water partition coefficient (Wildman–Crippen LogP) is 2.76. The molecule has 1 aromatic rings. The summed E-state index contributed by atoms with van der Waals surface area (Å²) in [5.74, 6) is 0.900. The molecule has 1 aliphatic rings. The Kier molecular flexibility index (Phi) is 9.99. The van der Waals surface area contributed by atoms with Gasteiger partial charge in [0.25, 0.3) is 0 Å². The van der Waals surface area contributed by atoms with Crippen LogP contribution in [0.15, 0.2) is 33.7 Å². The van der Waals surface area contributed by atoms with Gasteiger partial charge in [0.1, 0.15) is 0 Å². The number of rotatable bonds is 6. The normalized spacial score (nSPS) is 17.8. The van der Waals surface area contributed by atoms with Crippen LogP contribution in [-0.2, 0) is 0 Å². The predicted molar refractivity (Wildman–Crippen MR) is 118 cm³/mol. The number of nitrogens with zero attached hydrogens (tertiary/aromatic N) is 3. The van der Waals surface area contributed by atoms with Crippen molar-refractivity contribution in [1.82, 2.24) is 15.5 Å². The molecule has 5 nitrogen and oxygen atoms in total. The molecule has 2 rings (SSSR count). The van der Waals surface area contributed by atoms with Crippen LogP contribution in [0.5, 0.6) is 0 Å². The molecular formula is C17H29BrIN5. The molecule has 1 fully saturated rings. The van der Waals surface area contributed by atoms with Gasteiger partial charge in [-0.15, -0.1) is 24.0 Å². The van der Waals surface area contributed by atoms with Crippen LogP contribution >= 0.6 is 39.9 Å². The third-order valence-electron chi connectivity index (χ3n) is 4.27. The Bertz CT molecular complexity index is 508. The summed E-state index contributed by atoms with van der Waals surface area (Å²) >= 11 is 3.49. The molecule has 136 valence electrons. The third-order valence-corrected chi connectivity index (χ3v) is 4.80. The van der Waals surface area contributed by atoms with Crippen molar-refractivity contribution in [2.24, 2.45) is 4.99 Å². The molecule has 0 saturated carbocycles. The number of nitrogens with one attached hydrogen (secondary N) is 2. The fraction of sp³-hybridized carbons (Fsp3) is 0.588. The average Bonchev–Trinajstić information content (AvgIpc) is 3.02. The number of likely N-dealkylation sites (N-methyl/N-ethyl adjacent to an activating group) is 1. The zero-order valence-corrected chi connectivity index (χ0v) is 18.7. The molecule has 1 atom stereocenters. The Labute approximate surface area is 171 Å². The van der Waals surface area contributed by atoms with Crippen molar-refractivity contribution in [3.05, 3.63) is 28.7 Å². The Morgan fingerprint density at radius 1 is 1.38 bits per heavy atom. The highest BCUT2D eigenvalue weighted by Gasteiger charge is 2.23. The van der Waals surface area contributed by atoms with E-state index < -0.39 is 0 Å². The van der Waals surface area contributed by atoms with E-state index in [1.54, 1.807) is 0 Å². The summed E-state index contributed by atoms with van der Waals surface area (Å²) in [6.07, 6.45) is 1.13. The highest BCUT2D eigenvalue weighted by Crippen LogP contribution is 2.22. The molecule has 0 aromatic heterocycles. The van der Waals surface area contributed by atoms with E-state index in [0.717, 1.165) is 49.6 Å². The lowest BCUT2D eigenvalue weighted by molar-refractivity contribution is 0.357. The van der Waals surface area contributed by atoms with Crippen molar-refractivity contribution < 1.29 is 0 Å². The molecule has 0 spiro atoms. The number of guanidine groups is 1. The molecule has 7 heteroatoms. The van der Waals surface area contributed by atoms with Crippen LogP contribution < -0.4 is 15.5 Å². The van der Waals surface area contributed by atoms with Gasteiger partial charge in [0.05, 0.1) is 0 Å². The summed E-state index contributed by atoms with van der Waals surface area (Å²) in [5.41, 5.74) is 1.28. The van der Waals surface area contributed by atoms with E-state index in [0.29, 0.717) is 6.04 Å². The quantitative estimate of drug-likeness (QED) is 0.351. The molecule has 0 bridgehead atoms. The highest BCUT2D eigenvalue weighted by atomic mass is 127. The van der Waals surface area contributed by atoms with Gasteiger partial charge in [-0.05, 0) is 44.3 Å². The molecule has 1 aliphatic heterocycles. The Morgan fingerprint density at radius 3 is 2.71 bits per heavy atom. The van der Waals surface area contributed by atoms with E-state index in [2.05, 4.69) is 79.6 Å². The molecule has 0 aliphatic carbocycles. The first-order valence-corrected chi connectivity index (χ1v) is 9.08. The summed E-state index contributed by atoms with van der Waals surface area (Å²) in [5, 5.41) is 6.93. The van der Waals surface area contributed by atoms with Gasteiger partial charge in [0.2, 0.25) is 0 Å². The second-order valence-electron chi connectivity index (χ2n) is 5.95. The number of aliphatic imine (C=N–C) groups is 1. The summed E-state index contributed by atoms with van der Waals surface area (Å²) in [7, 11) is 3.96. The molecule has 0 amide bonds. The minimum Gasteiger partial charge on any atom is -0.369 e. The van der Waals surface area contributed by atoms with E-state index in [1.165, 1.54) is 5.69 Å². The van der Waals surface area contributed by atoms with E-state index in [4.69, 9.17) is 0 Å². The monoisotopic (exact) mass is 509 g/mol. The highest BCUT2D eigenvalue weighted by molar-refractivity contribution is 14.0. The number of hydrogen-bond donors (Lipinski definition) is 2. The maximum absolute atomic E-state index is 4.33. The van der Waals surface area contributed by atoms with Crippen LogP contribution in [0.1, 0.15) is 13.3 Å². The summed E-state index contributed by atoms with van der Waals surface area (Å²) in [6.45, 7) is 7.26. The fourth-order valence-electron chi connectivity index (χ4n) is 2.68. The first-order chi connectivity index (χ1) is 11.1. The van der Waals surface area contributed by atoms with Gasteiger partial charge in [0.15, 0.2) is 5.96 Å². The van der Waals surface area contributed by atoms with Gasteiger partial charge in [-0.2, -0.15) is 0 Å². The first kappa shape index (κ1) is 21.5. The van der Waals surface area contributed by atoms with E-state index in [-0.39, 0.29) is 24.0 Å². The second kappa shape index (κ2) is 11.1. The van der Waals surface area contributed by atoms with E-state index in [1.807, 2.05) is 7.05 Å². The summed E-state index contributed by atoms with van der Waals surface area (Å²) < 4.78 is 1.12. The molecule has 24 heavy (non-hydrogen) atoms. The topological polar surface area (TPSA) is 42.9 Å². The lowest BCUT2D eigenvalue weighted by Gasteiger charge is -2.21. The number of anilines is 1. The van der Waals surface area contributed by atoms with Crippen LogP contribution in [0.4, 0.5) is 5.69 Å². The molecular weight excluding hydrogens is 481 g/mol. The van der Waals surface area contributed by atoms with E-state index in [9.17, 15) is 0 Å². The second-order valence-corrected chi connectivity index (χ2v) is 6.86. The molecule has 0 radical (unpaired) electrons. The zero-order valence-electron chi connectivity index (χ0n) is 14.8. The molecule has 1 saturated heterocycles.